The number of carbonyl (C=O) groups is 4. The molecule has 0 unspecified atom stereocenters. The van der Waals surface area contributed by atoms with E-state index in [9.17, 15) is 28.7 Å². The van der Waals surface area contributed by atoms with Crippen LogP contribution in [0.3, 0.4) is 0 Å². The molecule has 1 fully saturated rings. The quantitative estimate of drug-likeness (QED) is 0.395. The van der Waals surface area contributed by atoms with Gasteiger partial charge in [0.15, 0.2) is 0 Å². The molecule has 1 aliphatic rings. The first-order chi connectivity index (χ1) is 20.7. The van der Waals surface area contributed by atoms with E-state index in [4.69, 9.17) is 5.73 Å². The number of benzene rings is 2. The van der Waals surface area contributed by atoms with Crippen LogP contribution in [0.5, 0.6) is 5.75 Å². The summed E-state index contributed by atoms with van der Waals surface area (Å²) in [5, 5.41) is 16.1. The number of phenols is 1. The summed E-state index contributed by atoms with van der Waals surface area (Å²) >= 11 is 0. The number of nitrogens with zero attached hydrogens (tertiary/aromatic N) is 2. The van der Waals surface area contributed by atoms with Crippen molar-refractivity contribution in [3.05, 3.63) is 65.0 Å². The third kappa shape index (κ3) is 9.51. The molecular weight excluding hydrogens is 565 g/mol. The highest BCUT2D eigenvalue weighted by molar-refractivity contribution is 5.93. The van der Waals surface area contributed by atoms with E-state index in [-0.39, 0.29) is 42.9 Å². The highest BCUT2D eigenvalue weighted by atomic mass is 19.1. The number of aromatic hydroxyl groups is 1. The third-order valence-electron chi connectivity index (χ3n) is 8.03. The van der Waals surface area contributed by atoms with Gasteiger partial charge in [-0.05, 0) is 66.0 Å². The molecule has 3 atom stereocenters. The minimum Gasteiger partial charge on any atom is -0.508 e. The minimum absolute atomic E-state index is 0.105. The highest BCUT2D eigenvalue weighted by Gasteiger charge is 2.33. The van der Waals surface area contributed by atoms with Crippen molar-refractivity contribution in [2.45, 2.75) is 82.8 Å². The number of nitrogens with one attached hydrogen (secondary N) is 2. The molecule has 10 nitrogen and oxygen atoms in total. The van der Waals surface area contributed by atoms with Crippen LogP contribution in [0.25, 0.3) is 0 Å². The predicted molar refractivity (Wildman–Crippen MR) is 166 cm³/mol. The number of hydrogen-bond acceptors (Lipinski definition) is 6. The van der Waals surface area contributed by atoms with Gasteiger partial charge in [0.1, 0.15) is 23.7 Å². The number of carbonyl (C=O) groups excluding carboxylic acids is 4. The molecule has 0 bridgehead atoms. The van der Waals surface area contributed by atoms with Crippen LogP contribution >= 0.6 is 0 Å². The van der Waals surface area contributed by atoms with E-state index >= 15 is 0 Å². The number of nitrogens with two attached hydrogens (primary N) is 1. The molecule has 1 saturated heterocycles. The first-order valence-corrected chi connectivity index (χ1v) is 15.1. The van der Waals surface area contributed by atoms with Gasteiger partial charge in [-0.15, -0.1) is 0 Å². The zero-order valence-corrected chi connectivity index (χ0v) is 26.4. The van der Waals surface area contributed by atoms with Crippen molar-refractivity contribution >= 4 is 23.6 Å². The fourth-order valence-electron chi connectivity index (χ4n) is 5.32. The molecule has 0 aromatic heterocycles. The van der Waals surface area contributed by atoms with Crippen molar-refractivity contribution in [2.24, 2.45) is 5.73 Å². The van der Waals surface area contributed by atoms with Crippen LogP contribution in [-0.2, 0) is 37.4 Å². The summed E-state index contributed by atoms with van der Waals surface area (Å²) in [5.74, 6) is -1.77. The number of halogens is 1. The van der Waals surface area contributed by atoms with E-state index < -0.39 is 41.7 Å². The topological polar surface area (TPSA) is 145 Å². The van der Waals surface area contributed by atoms with E-state index in [1.54, 1.807) is 36.2 Å². The average Bonchev–Trinajstić information content (AvgIpc) is 2.96. The second kappa shape index (κ2) is 15.1. The van der Waals surface area contributed by atoms with Gasteiger partial charge in [0.05, 0.1) is 6.04 Å². The van der Waals surface area contributed by atoms with Crippen LogP contribution in [0.1, 0.15) is 63.1 Å². The van der Waals surface area contributed by atoms with Gasteiger partial charge >= 0.3 is 0 Å². The average molecular weight is 612 g/mol. The Morgan fingerprint density at radius 1 is 1.09 bits per heavy atom. The Hall–Kier alpha value is -3.99. The standard InChI is InChI=1S/C33H46FN5O5/c1-33(2,3)24-18-22(11-14-28(24)40)20-26-30(42)36-16-15-29(41)38(4)17-7-6-8-27(31(43)37-26)39(5)32(44)25(35)19-21-9-12-23(34)13-10-21/h9-14,18,25-27,40H,6-8,15-17,19-20,35H2,1-5H3,(H,36,42)(H,37,43)/t25-,26-,27-/m0/s1. The maximum Gasteiger partial charge on any atom is 0.243 e. The first kappa shape index (κ1) is 34.5. The van der Waals surface area contributed by atoms with Gasteiger partial charge in [-0.3, -0.25) is 19.2 Å². The smallest absolute Gasteiger partial charge is 0.243 e. The van der Waals surface area contributed by atoms with E-state index in [0.717, 1.165) is 5.56 Å². The fourth-order valence-corrected chi connectivity index (χ4v) is 5.32. The molecule has 240 valence electrons. The summed E-state index contributed by atoms with van der Waals surface area (Å²) < 4.78 is 13.4. The van der Waals surface area contributed by atoms with Gasteiger partial charge in [0.2, 0.25) is 23.6 Å². The summed E-state index contributed by atoms with van der Waals surface area (Å²) in [5.41, 5.74) is 8.01. The van der Waals surface area contributed by atoms with E-state index in [1.807, 2.05) is 26.8 Å². The van der Waals surface area contributed by atoms with Crippen LogP contribution in [-0.4, -0.2) is 83.8 Å². The Morgan fingerprint density at radius 2 is 1.75 bits per heavy atom. The molecule has 5 N–H and O–H groups in total. The summed E-state index contributed by atoms with van der Waals surface area (Å²) in [7, 11) is 3.21. The molecule has 1 aliphatic heterocycles. The maximum absolute atomic E-state index is 13.8. The van der Waals surface area contributed by atoms with E-state index in [1.165, 1.54) is 24.1 Å². The second-order valence-corrected chi connectivity index (χ2v) is 12.6. The maximum atomic E-state index is 13.8. The molecule has 1 heterocycles. The van der Waals surface area contributed by atoms with Crippen molar-refractivity contribution in [1.29, 1.82) is 0 Å². The largest absolute Gasteiger partial charge is 0.508 e. The van der Waals surface area contributed by atoms with Crippen LogP contribution < -0.4 is 16.4 Å². The molecule has 0 spiro atoms. The molecule has 0 saturated carbocycles. The van der Waals surface area contributed by atoms with Crippen molar-refractivity contribution < 1.29 is 28.7 Å². The molecule has 3 rings (SSSR count). The van der Waals surface area contributed by atoms with Crippen LogP contribution in [0.15, 0.2) is 42.5 Å². The Bertz CT molecular complexity index is 1330. The minimum atomic E-state index is -1.01. The second-order valence-electron chi connectivity index (χ2n) is 12.6. The Morgan fingerprint density at radius 3 is 2.41 bits per heavy atom. The molecule has 11 heteroatoms. The molecule has 4 amide bonds. The van der Waals surface area contributed by atoms with E-state index in [2.05, 4.69) is 10.6 Å². The van der Waals surface area contributed by atoms with Gasteiger partial charge in [0.25, 0.3) is 0 Å². The molecule has 2 aromatic carbocycles. The van der Waals surface area contributed by atoms with Crippen molar-refractivity contribution in [1.82, 2.24) is 20.4 Å². The monoisotopic (exact) mass is 611 g/mol. The third-order valence-corrected chi connectivity index (χ3v) is 8.03. The number of likely N-dealkylation sites (N-methyl/N-ethyl adjacent to an activating group) is 1. The summed E-state index contributed by atoms with van der Waals surface area (Å²) in [6, 6.07) is 7.92. The molecule has 0 aliphatic carbocycles. The lowest BCUT2D eigenvalue weighted by Crippen LogP contribution is -2.57. The number of hydrogen-bond donors (Lipinski definition) is 4. The van der Waals surface area contributed by atoms with Crippen LogP contribution in [0.4, 0.5) is 4.39 Å². The van der Waals surface area contributed by atoms with Crippen LogP contribution in [0.2, 0.25) is 0 Å². The zero-order chi connectivity index (χ0) is 32.6. The van der Waals surface area contributed by atoms with Gasteiger partial charge < -0.3 is 31.3 Å². The molecule has 0 radical (unpaired) electrons. The lowest BCUT2D eigenvalue weighted by atomic mass is 9.84. The van der Waals surface area contributed by atoms with Gasteiger partial charge in [-0.1, -0.05) is 45.0 Å². The molecule has 44 heavy (non-hydrogen) atoms. The Balaban J connectivity index is 1.87. The number of amides is 4. The first-order valence-electron chi connectivity index (χ1n) is 15.1. The van der Waals surface area contributed by atoms with Crippen molar-refractivity contribution in [2.75, 3.05) is 27.2 Å². The van der Waals surface area contributed by atoms with Gasteiger partial charge in [0, 0.05) is 40.0 Å². The summed E-state index contributed by atoms with van der Waals surface area (Å²) in [6.07, 6.45) is 1.87. The summed E-state index contributed by atoms with van der Waals surface area (Å²) in [6.45, 7) is 6.48. The summed E-state index contributed by atoms with van der Waals surface area (Å²) in [4.78, 5) is 56.1. The predicted octanol–water partition coefficient (Wildman–Crippen LogP) is 2.40. The van der Waals surface area contributed by atoms with Crippen molar-refractivity contribution in [3.63, 3.8) is 0 Å². The van der Waals surface area contributed by atoms with E-state index in [0.29, 0.717) is 36.9 Å². The normalized spacial score (nSPS) is 19.9. The Labute approximate surface area is 259 Å². The lowest BCUT2D eigenvalue weighted by Gasteiger charge is -2.31. The Kier molecular flexibility index (Phi) is 11.9. The lowest BCUT2D eigenvalue weighted by molar-refractivity contribution is -0.141. The van der Waals surface area contributed by atoms with Crippen LogP contribution in [0, 0.1) is 5.82 Å². The van der Waals surface area contributed by atoms with Gasteiger partial charge in [-0.2, -0.15) is 0 Å². The van der Waals surface area contributed by atoms with Gasteiger partial charge in [-0.25, -0.2) is 4.39 Å². The highest BCUT2D eigenvalue weighted by Crippen LogP contribution is 2.31. The van der Waals surface area contributed by atoms with Crippen molar-refractivity contribution in [3.8, 4) is 5.75 Å². The molecule has 2 aromatic rings. The number of rotatable bonds is 6. The SMILES string of the molecule is CN1CCCC[C@H](N(C)C(=O)[C@@H](N)Cc2ccc(F)cc2)C(=O)N[C@@H](Cc2ccc(O)c(C(C)(C)C)c2)C(=O)NCCC1=O. The molecular formula is C33H46FN5O5. The fraction of sp³-hybridized carbons (Fsp3) is 0.515. The number of phenolic OH excluding ortho intramolecular Hbond substituents is 1. The zero-order valence-electron chi connectivity index (χ0n) is 26.4.